The van der Waals surface area contributed by atoms with Gasteiger partial charge in [0.05, 0.1) is 11.8 Å². The first kappa shape index (κ1) is 10.7. The minimum absolute atomic E-state index is 0.00731. The first-order chi connectivity index (χ1) is 6.34. The van der Waals surface area contributed by atoms with Crippen LogP contribution in [0.2, 0.25) is 0 Å². The molecule has 0 aromatic heterocycles. The number of aliphatic hydroxyl groups excluding tert-OH is 1. The van der Waals surface area contributed by atoms with E-state index in [0.29, 0.717) is 17.4 Å². The topological polar surface area (TPSA) is 74.6 Å². The van der Waals surface area contributed by atoms with E-state index in [1.54, 1.807) is 6.92 Å². The van der Waals surface area contributed by atoms with Crippen LogP contribution < -0.4 is 0 Å². The maximum absolute atomic E-state index is 11.5. The van der Waals surface area contributed by atoms with Gasteiger partial charge in [-0.15, -0.1) is 0 Å². The molecule has 4 heteroatoms. The minimum Gasteiger partial charge on any atom is -0.515 e. The molecule has 0 heterocycles. The van der Waals surface area contributed by atoms with Crippen molar-refractivity contribution in [1.29, 1.82) is 0 Å². The third kappa shape index (κ3) is 1.19. The molecule has 0 fully saturated rings. The number of hydrogen-bond acceptors (Lipinski definition) is 4. The molecule has 0 aromatic carbocycles. The summed E-state index contributed by atoms with van der Waals surface area (Å²) in [5, 5.41) is 18.4. The van der Waals surface area contributed by atoms with Crippen molar-refractivity contribution in [3.05, 3.63) is 23.0 Å². The normalized spacial score (nSPS) is 31.6. The number of aliphatic hydroxyl groups is 2. The predicted molar refractivity (Wildman–Crippen MR) is 49.7 cm³/mol. The molecule has 2 N–H and O–H groups in total. The van der Waals surface area contributed by atoms with Crippen molar-refractivity contribution in [2.45, 2.75) is 26.4 Å². The van der Waals surface area contributed by atoms with E-state index < -0.39 is 17.2 Å². The van der Waals surface area contributed by atoms with E-state index in [9.17, 15) is 14.7 Å². The van der Waals surface area contributed by atoms with Crippen LogP contribution in [0, 0.1) is 0 Å². The Morgan fingerprint density at radius 1 is 1.14 bits per heavy atom. The fourth-order valence-electron chi connectivity index (χ4n) is 1.43. The smallest absolute Gasteiger partial charge is 0.205 e. The number of carbonyl (C=O) groups excluding carboxylic acids is 2. The standard InChI is InChI=1S/C10H12O4/c1-5-6(2)8(12)10(3,14)9(13)7(5)4-11/h4,11,14H,1-3H3/b7-4-/t10-/m1/s1. The van der Waals surface area contributed by atoms with E-state index in [-0.39, 0.29) is 5.57 Å². The van der Waals surface area contributed by atoms with Gasteiger partial charge in [0.1, 0.15) is 0 Å². The molecule has 1 atom stereocenters. The van der Waals surface area contributed by atoms with Gasteiger partial charge < -0.3 is 10.2 Å². The molecule has 0 amide bonds. The molecule has 1 aliphatic rings. The Bertz CT molecular complexity index is 372. The first-order valence-electron chi connectivity index (χ1n) is 4.18. The van der Waals surface area contributed by atoms with Gasteiger partial charge in [0, 0.05) is 0 Å². The highest BCUT2D eigenvalue weighted by Gasteiger charge is 2.45. The molecule has 0 radical (unpaired) electrons. The molecule has 0 aliphatic heterocycles. The second-order valence-corrected chi connectivity index (χ2v) is 3.52. The van der Waals surface area contributed by atoms with Gasteiger partial charge in [-0.25, -0.2) is 0 Å². The summed E-state index contributed by atoms with van der Waals surface area (Å²) in [7, 11) is 0. The average Bonchev–Trinajstić information content (AvgIpc) is 2.14. The zero-order chi connectivity index (χ0) is 11.1. The third-order valence-corrected chi connectivity index (χ3v) is 2.57. The Hall–Kier alpha value is -1.42. The van der Waals surface area contributed by atoms with Gasteiger partial charge in [0.2, 0.25) is 5.78 Å². The summed E-state index contributed by atoms with van der Waals surface area (Å²) >= 11 is 0. The van der Waals surface area contributed by atoms with Gasteiger partial charge in [0.15, 0.2) is 11.4 Å². The van der Waals surface area contributed by atoms with E-state index in [0.717, 1.165) is 6.92 Å². The van der Waals surface area contributed by atoms with Crippen LogP contribution in [-0.2, 0) is 9.59 Å². The SMILES string of the molecule is CC1=C(C)/C(=C/O)C(=O)[C@](C)(O)C1=O. The largest absolute Gasteiger partial charge is 0.515 e. The Balaban J connectivity index is 3.46. The molecule has 0 spiro atoms. The molecule has 0 aromatic rings. The van der Waals surface area contributed by atoms with E-state index in [2.05, 4.69) is 0 Å². The van der Waals surface area contributed by atoms with Crippen LogP contribution in [0.15, 0.2) is 23.0 Å². The number of allylic oxidation sites excluding steroid dienone is 1. The molecule has 0 unspecified atom stereocenters. The lowest BCUT2D eigenvalue weighted by Crippen LogP contribution is -2.48. The van der Waals surface area contributed by atoms with Crippen LogP contribution in [0.4, 0.5) is 0 Å². The average molecular weight is 196 g/mol. The van der Waals surface area contributed by atoms with Crippen molar-refractivity contribution in [3.63, 3.8) is 0 Å². The highest BCUT2D eigenvalue weighted by Crippen LogP contribution is 2.29. The highest BCUT2D eigenvalue weighted by molar-refractivity contribution is 6.26. The summed E-state index contributed by atoms with van der Waals surface area (Å²) < 4.78 is 0. The zero-order valence-corrected chi connectivity index (χ0v) is 8.29. The van der Waals surface area contributed by atoms with Crippen LogP contribution in [0.25, 0.3) is 0 Å². The van der Waals surface area contributed by atoms with Crippen molar-refractivity contribution in [1.82, 2.24) is 0 Å². The van der Waals surface area contributed by atoms with Gasteiger partial charge in [-0.2, -0.15) is 0 Å². The Morgan fingerprint density at radius 3 is 2.07 bits per heavy atom. The first-order valence-corrected chi connectivity index (χ1v) is 4.18. The van der Waals surface area contributed by atoms with E-state index in [1.165, 1.54) is 6.92 Å². The lowest BCUT2D eigenvalue weighted by atomic mass is 9.78. The van der Waals surface area contributed by atoms with Gasteiger partial charge in [-0.1, -0.05) is 0 Å². The van der Waals surface area contributed by atoms with E-state index in [1.807, 2.05) is 0 Å². The van der Waals surface area contributed by atoms with Gasteiger partial charge >= 0.3 is 0 Å². The molecule has 4 nitrogen and oxygen atoms in total. The monoisotopic (exact) mass is 196 g/mol. The van der Waals surface area contributed by atoms with Crippen molar-refractivity contribution < 1.29 is 19.8 Å². The Kier molecular flexibility index (Phi) is 2.33. The summed E-state index contributed by atoms with van der Waals surface area (Å²) in [4.78, 5) is 23.0. The van der Waals surface area contributed by atoms with Crippen LogP contribution in [-0.4, -0.2) is 27.4 Å². The molecule has 0 bridgehead atoms. The quantitative estimate of drug-likeness (QED) is 0.339. The zero-order valence-electron chi connectivity index (χ0n) is 8.29. The second-order valence-electron chi connectivity index (χ2n) is 3.52. The van der Waals surface area contributed by atoms with E-state index >= 15 is 0 Å². The summed E-state index contributed by atoms with van der Waals surface area (Å²) in [5.74, 6) is -1.36. The molecule has 14 heavy (non-hydrogen) atoms. The Labute approximate surface area is 81.6 Å². The van der Waals surface area contributed by atoms with Crippen LogP contribution in [0.1, 0.15) is 20.8 Å². The van der Waals surface area contributed by atoms with Crippen molar-refractivity contribution >= 4 is 11.6 Å². The molecular formula is C10H12O4. The predicted octanol–water partition coefficient (Wildman–Crippen LogP) is 0.667. The van der Waals surface area contributed by atoms with Crippen LogP contribution >= 0.6 is 0 Å². The number of carbonyl (C=O) groups is 2. The summed E-state index contributed by atoms with van der Waals surface area (Å²) in [6.07, 6.45) is 0.627. The molecule has 1 aliphatic carbocycles. The van der Waals surface area contributed by atoms with E-state index in [4.69, 9.17) is 5.11 Å². The van der Waals surface area contributed by atoms with Crippen molar-refractivity contribution in [3.8, 4) is 0 Å². The molecule has 0 saturated carbocycles. The molecule has 1 rings (SSSR count). The summed E-state index contributed by atoms with van der Waals surface area (Å²) in [5.41, 5.74) is -1.34. The molecule has 0 saturated heterocycles. The lowest BCUT2D eigenvalue weighted by Gasteiger charge is -2.27. The van der Waals surface area contributed by atoms with Crippen LogP contribution in [0.3, 0.4) is 0 Å². The fourth-order valence-corrected chi connectivity index (χ4v) is 1.43. The highest BCUT2D eigenvalue weighted by atomic mass is 16.3. The van der Waals surface area contributed by atoms with Gasteiger partial charge in [0.25, 0.3) is 0 Å². The number of ketones is 2. The number of hydrogen-bond donors (Lipinski definition) is 2. The van der Waals surface area contributed by atoms with Crippen molar-refractivity contribution in [2.24, 2.45) is 0 Å². The maximum Gasteiger partial charge on any atom is 0.205 e. The molecular weight excluding hydrogens is 184 g/mol. The third-order valence-electron chi connectivity index (χ3n) is 2.57. The summed E-state index contributed by atoms with van der Waals surface area (Å²) in [6.45, 7) is 4.21. The number of rotatable bonds is 0. The molecule has 76 valence electrons. The van der Waals surface area contributed by atoms with Gasteiger partial charge in [-0.3, -0.25) is 9.59 Å². The summed E-state index contributed by atoms with van der Waals surface area (Å²) in [6, 6.07) is 0. The number of Topliss-reactive ketones (excluding diaryl/α,β-unsaturated/α-hetero) is 2. The lowest BCUT2D eigenvalue weighted by molar-refractivity contribution is -0.144. The minimum atomic E-state index is -2.04. The maximum atomic E-state index is 11.5. The van der Waals surface area contributed by atoms with Crippen LogP contribution in [0.5, 0.6) is 0 Å². The van der Waals surface area contributed by atoms with Crippen molar-refractivity contribution in [2.75, 3.05) is 0 Å². The Morgan fingerprint density at radius 2 is 1.64 bits per heavy atom. The second kappa shape index (κ2) is 3.06. The fraction of sp³-hybridized carbons (Fsp3) is 0.400. The van der Waals surface area contributed by atoms with Gasteiger partial charge in [-0.05, 0) is 31.9 Å².